The van der Waals surface area contributed by atoms with Crippen LogP contribution in [0.15, 0.2) is 18.2 Å². The van der Waals surface area contributed by atoms with Crippen LogP contribution in [0.2, 0.25) is 0 Å². The maximum atomic E-state index is 11.1. The Morgan fingerprint density at radius 2 is 1.94 bits per heavy atom. The summed E-state index contributed by atoms with van der Waals surface area (Å²) >= 11 is 0. The molecule has 0 bridgehead atoms. The zero-order chi connectivity index (χ0) is 12.3. The van der Waals surface area contributed by atoms with Crippen molar-refractivity contribution in [2.45, 2.75) is 6.92 Å². The van der Waals surface area contributed by atoms with Gasteiger partial charge in [-0.2, -0.15) is 0 Å². The zero-order valence-electron chi connectivity index (χ0n) is 9.59. The van der Waals surface area contributed by atoms with Gasteiger partial charge in [-0.05, 0) is 19.1 Å². The van der Waals surface area contributed by atoms with Gasteiger partial charge in [-0.1, -0.05) is 0 Å². The van der Waals surface area contributed by atoms with Crippen LogP contribution in [0.5, 0.6) is 11.5 Å². The minimum atomic E-state index is -4.92. The molecule has 6 nitrogen and oxygen atoms in total. The summed E-state index contributed by atoms with van der Waals surface area (Å²) in [7, 11) is -3.56. The molecule has 17 heavy (non-hydrogen) atoms. The van der Waals surface area contributed by atoms with Crippen LogP contribution in [0, 0.1) is 0 Å². The molecule has 0 fully saturated rings. The van der Waals surface area contributed by atoms with E-state index in [9.17, 15) is 17.8 Å². The van der Waals surface area contributed by atoms with Crippen LogP contribution >= 0.6 is 0 Å². The second-order valence-corrected chi connectivity index (χ2v) is 3.89. The number of hydrogen-bond donors (Lipinski definition) is 0. The van der Waals surface area contributed by atoms with E-state index < -0.39 is 16.2 Å². The molecule has 0 atom stereocenters. The molecule has 0 aromatic heterocycles. The molecule has 0 aliphatic rings. The van der Waals surface area contributed by atoms with Gasteiger partial charge in [0.05, 0.1) is 12.7 Å². The van der Waals surface area contributed by atoms with Crippen LogP contribution in [0.4, 0.5) is 0 Å². The van der Waals surface area contributed by atoms with Gasteiger partial charge in [-0.15, -0.1) is 0 Å². The minimum Gasteiger partial charge on any atom is -0.716 e. The molecule has 0 aliphatic heterocycles. The number of methoxy groups -OCH3 is 1. The van der Waals surface area contributed by atoms with Crippen molar-refractivity contribution in [1.82, 2.24) is 0 Å². The Labute approximate surface area is 121 Å². The Balaban J connectivity index is 0.00000256. The summed E-state index contributed by atoms with van der Waals surface area (Å²) in [4.78, 5) is 11.1. The molecule has 88 valence electrons. The number of ether oxygens (including phenoxy) is 1. The van der Waals surface area contributed by atoms with E-state index >= 15 is 0 Å². The number of carbonyl (C=O) groups excluding carboxylic acids is 1. The average Bonchev–Trinajstić information content (AvgIpc) is 2.14. The van der Waals surface area contributed by atoms with Gasteiger partial charge in [-0.3, -0.25) is 4.79 Å². The van der Waals surface area contributed by atoms with Crippen molar-refractivity contribution >= 4 is 16.2 Å². The summed E-state index contributed by atoms with van der Waals surface area (Å²) < 4.78 is 40.3. The summed E-state index contributed by atoms with van der Waals surface area (Å²) in [5.74, 6) is -0.466. The van der Waals surface area contributed by atoms with E-state index in [2.05, 4.69) is 4.18 Å². The molecule has 0 aliphatic carbocycles. The summed E-state index contributed by atoms with van der Waals surface area (Å²) in [5.41, 5.74) is 0.000208. The molecule has 1 rings (SSSR count). The van der Waals surface area contributed by atoms with E-state index in [-0.39, 0.29) is 46.6 Å². The average molecular weight is 268 g/mol. The number of ketones is 1. The fourth-order valence-corrected chi connectivity index (χ4v) is 1.46. The molecule has 0 spiro atoms. The number of rotatable bonds is 4. The quantitative estimate of drug-likeness (QED) is 0.265. The SMILES string of the molecule is COc1ccc(C(C)=O)c(OS(=O)(=O)[O-])c1.[Na+]. The maximum absolute atomic E-state index is 11.1. The topological polar surface area (TPSA) is 92.7 Å². The van der Waals surface area contributed by atoms with Crippen LogP contribution in [0.3, 0.4) is 0 Å². The van der Waals surface area contributed by atoms with Crippen molar-refractivity contribution in [2.75, 3.05) is 7.11 Å². The molecular formula is C9H9NaO6S. The predicted octanol–water partition coefficient (Wildman–Crippen LogP) is -2.26. The van der Waals surface area contributed by atoms with Crippen molar-refractivity contribution < 1.29 is 56.2 Å². The number of carbonyl (C=O) groups is 1. The molecule has 0 heterocycles. The summed E-state index contributed by atoms with van der Waals surface area (Å²) in [6.07, 6.45) is 0. The van der Waals surface area contributed by atoms with Crippen LogP contribution in [-0.2, 0) is 10.4 Å². The van der Waals surface area contributed by atoms with Gasteiger partial charge in [0.15, 0.2) is 11.5 Å². The molecule has 0 saturated heterocycles. The molecule has 1 aromatic carbocycles. The van der Waals surface area contributed by atoms with Gasteiger partial charge in [0, 0.05) is 6.07 Å². The Morgan fingerprint density at radius 3 is 2.35 bits per heavy atom. The second kappa shape index (κ2) is 6.36. The fraction of sp³-hybridized carbons (Fsp3) is 0.222. The molecule has 0 amide bonds. The Bertz CT molecular complexity index is 510. The number of Topliss-reactive ketones (excluding diaryl/α,β-unsaturated/α-hetero) is 1. The standard InChI is InChI=1S/C9H10O6S.Na/c1-6(10)8-4-3-7(14-2)5-9(8)15-16(11,12)13;/h3-5H,1-2H3,(H,11,12,13);/q;+1/p-1. The molecule has 1 aromatic rings. The monoisotopic (exact) mass is 268 g/mol. The van der Waals surface area contributed by atoms with Gasteiger partial charge in [0.1, 0.15) is 5.75 Å². The third kappa shape index (κ3) is 5.05. The summed E-state index contributed by atoms with van der Waals surface area (Å²) in [6, 6.07) is 3.94. The Kier molecular flexibility index (Phi) is 6.14. The molecule has 0 N–H and O–H groups in total. The summed E-state index contributed by atoms with van der Waals surface area (Å²) in [5, 5.41) is 0. The first-order valence-corrected chi connectivity index (χ1v) is 5.51. The molecule has 0 radical (unpaired) electrons. The van der Waals surface area contributed by atoms with Crippen molar-refractivity contribution in [3.8, 4) is 11.5 Å². The minimum absolute atomic E-state index is 0. The first-order chi connectivity index (χ1) is 7.33. The van der Waals surface area contributed by atoms with Gasteiger partial charge < -0.3 is 13.5 Å². The Hall–Kier alpha value is -0.600. The first-order valence-electron chi connectivity index (χ1n) is 4.18. The predicted molar refractivity (Wildman–Crippen MR) is 53.3 cm³/mol. The van der Waals surface area contributed by atoms with Gasteiger partial charge in [-0.25, -0.2) is 8.42 Å². The van der Waals surface area contributed by atoms with Crippen molar-refractivity contribution in [3.05, 3.63) is 23.8 Å². The normalized spacial score (nSPS) is 10.3. The molecule has 0 saturated carbocycles. The third-order valence-electron chi connectivity index (χ3n) is 1.76. The van der Waals surface area contributed by atoms with E-state index in [1.807, 2.05) is 0 Å². The number of benzene rings is 1. The van der Waals surface area contributed by atoms with Crippen LogP contribution in [-0.4, -0.2) is 25.9 Å². The molecule has 0 unspecified atom stereocenters. The van der Waals surface area contributed by atoms with Crippen molar-refractivity contribution in [3.63, 3.8) is 0 Å². The van der Waals surface area contributed by atoms with E-state index in [1.165, 1.54) is 26.2 Å². The van der Waals surface area contributed by atoms with Gasteiger partial charge >= 0.3 is 29.6 Å². The third-order valence-corrected chi connectivity index (χ3v) is 2.14. The fourth-order valence-electron chi connectivity index (χ4n) is 1.10. The van der Waals surface area contributed by atoms with E-state index in [1.54, 1.807) is 0 Å². The van der Waals surface area contributed by atoms with Crippen LogP contribution < -0.4 is 38.5 Å². The largest absolute Gasteiger partial charge is 1.00 e. The molecular weight excluding hydrogens is 259 g/mol. The van der Waals surface area contributed by atoms with Crippen molar-refractivity contribution in [2.24, 2.45) is 0 Å². The van der Waals surface area contributed by atoms with Crippen LogP contribution in [0.1, 0.15) is 17.3 Å². The van der Waals surface area contributed by atoms with E-state index in [0.29, 0.717) is 0 Å². The second-order valence-electron chi connectivity index (χ2n) is 2.91. The van der Waals surface area contributed by atoms with E-state index in [4.69, 9.17) is 4.74 Å². The smallest absolute Gasteiger partial charge is 0.716 e. The first kappa shape index (κ1) is 16.4. The Morgan fingerprint density at radius 1 is 1.35 bits per heavy atom. The number of hydrogen-bond acceptors (Lipinski definition) is 6. The van der Waals surface area contributed by atoms with E-state index in [0.717, 1.165) is 6.07 Å². The van der Waals surface area contributed by atoms with Crippen molar-refractivity contribution in [1.29, 1.82) is 0 Å². The van der Waals surface area contributed by atoms with Gasteiger partial charge in [0.25, 0.3) is 10.4 Å². The maximum Gasteiger partial charge on any atom is 1.00 e. The zero-order valence-corrected chi connectivity index (χ0v) is 12.4. The van der Waals surface area contributed by atoms with Gasteiger partial charge in [0.2, 0.25) is 0 Å². The van der Waals surface area contributed by atoms with Crippen LogP contribution in [0.25, 0.3) is 0 Å². The summed E-state index contributed by atoms with van der Waals surface area (Å²) in [6.45, 7) is 1.23. The molecule has 8 heteroatoms.